The summed E-state index contributed by atoms with van der Waals surface area (Å²) in [7, 11) is 0. The molecule has 142 valence electrons. The minimum atomic E-state index is -4.53. The van der Waals surface area contributed by atoms with E-state index in [1.165, 1.54) is 24.3 Å². The zero-order chi connectivity index (χ0) is 19.6. The number of nitrogens with zero attached hydrogens (tertiary/aromatic N) is 1. The number of halogens is 5. The molecule has 1 aromatic heterocycles. The molecular weight excluding hydrogens is 386 g/mol. The van der Waals surface area contributed by atoms with Gasteiger partial charge in [0, 0.05) is 6.54 Å². The van der Waals surface area contributed by atoms with Crippen molar-refractivity contribution in [2.75, 3.05) is 11.9 Å². The molecule has 1 aromatic carbocycles. The fourth-order valence-corrected chi connectivity index (χ4v) is 2.93. The van der Waals surface area contributed by atoms with Gasteiger partial charge in [-0.3, -0.25) is 5.32 Å². The number of carbonyl (C=O) groups is 1. The van der Waals surface area contributed by atoms with Gasteiger partial charge in [0.25, 0.3) is 0 Å². The van der Waals surface area contributed by atoms with E-state index in [1.807, 2.05) is 0 Å². The highest BCUT2D eigenvalue weighted by atomic mass is 35.5. The third kappa shape index (κ3) is 4.57. The molecule has 1 aliphatic rings. The van der Waals surface area contributed by atoms with Crippen LogP contribution in [0.5, 0.6) is 0 Å². The number of allylic oxidation sites excluding steroid dienone is 1. The van der Waals surface area contributed by atoms with Crippen LogP contribution in [0.2, 0.25) is 5.02 Å². The van der Waals surface area contributed by atoms with Crippen molar-refractivity contribution >= 4 is 29.5 Å². The number of hydrogen-bond donors (Lipinski definition) is 2. The molecule has 27 heavy (non-hydrogen) atoms. The third-order valence-electron chi connectivity index (χ3n) is 3.98. The van der Waals surface area contributed by atoms with Crippen LogP contribution < -0.4 is 10.6 Å². The third-order valence-corrected chi connectivity index (χ3v) is 4.27. The predicted molar refractivity (Wildman–Crippen MR) is 94.1 cm³/mol. The van der Waals surface area contributed by atoms with Gasteiger partial charge in [0.1, 0.15) is 11.6 Å². The Morgan fingerprint density at radius 1 is 1.26 bits per heavy atom. The molecule has 4 nitrogen and oxygen atoms in total. The van der Waals surface area contributed by atoms with Crippen molar-refractivity contribution in [3.63, 3.8) is 0 Å². The fraction of sp³-hybridized carbons (Fsp3) is 0.222. The van der Waals surface area contributed by atoms with Crippen molar-refractivity contribution in [2.45, 2.75) is 19.0 Å². The van der Waals surface area contributed by atoms with E-state index in [0.717, 1.165) is 6.07 Å². The molecule has 2 amide bonds. The Labute approximate surface area is 157 Å². The van der Waals surface area contributed by atoms with E-state index in [9.17, 15) is 22.4 Å². The van der Waals surface area contributed by atoms with Crippen molar-refractivity contribution in [1.29, 1.82) is 0 Å². The average Bonchev–Trinajstić information content (AvgIpc) is 3.04. The van der Waals surface area contributed by atoms with E-state index in [0.29, 0.717) is 12.0 Å². The lowest BCUT2D eigenvalue weighted by Crippen LogP contribution is -2.31. The molecule has 2 aromatic rings. The highest BCUT2D eigenvalue weighted by Gasteiger charge is 2.35. The lowest BCUT2D eigenvalue weighted by molar-refractivity contribution is -0.138. The Balaban J connectivity index is 1.62. The number of aromatic nitrogens is 1. The average molecular weight is 400 g/mol. The fourth-order valence-electron chi connectivity index (χ4n) is 2.73. The molecule has 0 fully saturated rings. The van der Waals surface area contributed by atoms with Crippen molar-refractivity contribution in [1.82, 2.24) is 10.3 Å². The number of fused-ring (bicyclic) bond motifs is 1. The van der Waals surface area contributed by atoms with E-state index in [2.05, 4.69) is 15.6 Å². The monoisotopic (exact) mass is 399 g/mol. The second-order valence-corrected chi connectivity index (χ2v) is 6.31. The zero-order valence-corrected chi connectivity index (χ0v) is 14.6. The van der Waals surface area contributed by atoms with E-state index >= 15 is 0 Å². The van der Waals surface area contributed by atoms with Crippen LogP contribution in [0.4, 0.5) is 28.2 Å². The molecule has 9 heteroatoms. The van der Waals surface area contributed by atoms with Gasteiger partial charge in [-0.05, 0) is 48.2 Å². The number of carbonyl (C=O) groups excluding carboxylic acids is 1. The maximum atomic E-state index is 13.2. The summed E-state index contributed by atoms with van der Waals surface area (Å²) in [5.41, 5.74) is 0.193. The molecule has 0 radical (unpaired) electrons. The van der Waals surface area contributed by atoms with Gasteiger partial charge >= 0.3 is 12.2 Å². The molecule has 0 aliphatic heterocycles. The van der Waals surface area contributed by atoms with Gasteiger partial charge in [0.15, 0.2) is 0 Å². The molecular formula is C18H14ClF4N3O. The molecule has 0 saturated heterocycles. The number of hydrogen-bond acceptors (Lipinski definition) is 2. The number of nitrogens with one attached hydrogen (secondary N) is 2. The maximum absolute atomic E-state index is 13.2. The summed E-state index contributed by atoms with van der Waals surface area (Å²) in [4.78, 5) is 16.0. The van der Waals surface area contributed by atoms with Gasteiger partial charge < -0.3 is 5.32 Å². The van der Waals surface area contributed by atoms with Crippen molar-refractivity contribution in [3.05, 3.63) is 63.6 Å². The smallest absolute Gasteiger partial charge is 0.337 e. The van der Waals surface area contributed by atoms with Crippen LogP contribution in [-0.2, 0) is 19.0 Å². The van der Waals surface area contributed by atoms with Gasteiger partial charge in [-0.25, -0.2) is 14.2 Å². The molecule has 1 aliphatic carbocycles. The van der Waals surface area contributed by atoms with Crippen molar-refractivity contribution in [2.24, 2.45) is 0 Å². The van der Waals surface area contributed by atoms with E-state index in [1.54, 1.807) is 6.08 Å². The molecule has 1 heterocycles. The Morgan fingerprint density at radius 3 is 2.74 bits per heavy atom. The molecule has 0 bridgehead atoms. The van der Waals surface area contributed by atoms with Crippen LogP contribution in [0.3, 0.4) is 0 Å². The quantitative estimate of drug-likeness (QED) is 0.724. The minimum absolute atomic E-state index is 0.0213. The van der Waals surface area contributed by atoms with Gasteiger partial charge in [-0.2, -0.15) is 13.2 Å². The molecule has 0 saturated carbocycles. The summed E-state index contributed by atoms with van der Waals surface area (Å²) < 4.78 is 52.7. The topological polar surface area (TPSA) is 54.0 Å². The summed E-state index contributed by atoms with van der Waals surface area (Å²) in [6.07, 6.45) is -0.921. The van der Waals surface area contributed by atoms with Crippen LogP contribution in [0, 0.1) is 5.82 Å². The molecule has 3 rings (SSSR count). The number of urea groups is 1. The first-order valence-corrected chi connectivity index (χ1v) is 8.38. The Morgan fingerprint density at radius 2 is 2.04 bits per heavy atom. The first kappa shape index (κ1) is 19.2. The Kier molecular flexibility index (Phi) is 5.36. The summed E-state index contributed by atoms with van der Waals surface area (Å²) in [6.45, 7) is 0.185. The second-order valence-electron chi connectivity index (χ2n) is 5.90. The van der Waals surface area contributed by atoms with Crippen molar-refractivity contribution in [3.8, 4) is 0 Å². The molecule has 0 spiro atoms. The van der Waals surface area contributed by atoms with Crippen LogP contribution in [0.15, 0.2) is 30.3 Å². The SMILES string of the molecule is O=C(NCCc1ccc(F)c(Cl)c1)Nc1cc(C(F)(F)F)c2c(n1)C=CC2. The largest absolute Gasteiger partial charge is 0.416 e. The van der Waals surface area contributed by atoms with Crippen molar-refractivity contribution < 1.29 is 22.4 Å². The van der Waals surface area contributed by atoms with Crippen LogP contribution in [0.1, 0.15) is 22.4 Å². The van der Waals surface area contributed by atoms with Crippen LogP contribution >= 0.6 is 11.6 Å². The number of rotatable bonds is 4. The molecule has 0 unspecified atom stereocenters. The number of alkyl halides is 3. The van der Waals surface area contributed by atoms with Crippen LogP contribution in [0.25, 0.3) is 6.08 Å². The first-order chi connectivity index (χ1) is 12.7. The standard InChI is InChI=1S/C18H14ClF4N3O/c19-13-8-10(4-5-14(13)20)6-7-24-17(27)26-16-9-12(18(21,22)23)11-2-1-3-15(11)25-16/h1,3-5,8-9H,2,6-7H2,(H2,24,25,26,27). The second kappa shape index (κ2) is 7.56. The highest BCUT2D eigenvalue weighted by molar-refractivity contribution is 6.30. The van der Waals surface area contributed by atoms with E-state index in [-0.39, 0.29) is 35.1 Å². The number of pyridine rings is 1. The highest BCUT2D eigenvalue weighted by Crippen LogP contribution is 2.37. The normalized spacial score (nSPS) is 12.8. The first-order valence-electron chi connectivity index (χ1n) is 8.00. The zero-order valence-electron chi connectivity index (χ0n) is 13.8. The molecule has 2 N–H and O–H groups in total. The Bertz CT molecular complexity index is 912. The number of anilines is 1. The lowest BCUT2D eigenvalue weighted by Gasteiger charge is -2.14. The number of amides is 2. The predicted octanol–water partition coefficient (Wildman–Crippen LogP) is 4.83. The van der Waals surface area contributed by atoms with Crippen LogP contribution in [-0.4, -0.2) is 17.6 Å². The van der Waals surface area contributed by atoms with Gasteiger partial charge in [-0.1, -0.05) is 23.7 Å². The Hall–Kier alpha value is -2.61. The lowest BCUT2D eigenvalue weighted by atomic mass is 10.1. The summed E-state index contributed by atoms with van der Waals surface area (Å²) >= 11 is 5.68. The van der Waals surface area contributed by atoms with Gasteiger partial charge in [0.2, 0.25) is 0 Å². The van der Waals surface area contributed by atoms with E-state index < -0.39 is 23.6 Å². The van der Waals surface area contributed by atoms with Gasteiger partial charge in [-0.15, -0.1) is 0 Å². The number of benzene rings is 1. The summed E-state index contributed by atoms with van der Waals surface area (Å²) in [6, 6.07) is 4.33. The maximum Gasteiger partial charge on any atom is 0.416 e. The minimum Gasteiger partial charge on any atom is -0.337 e. The summed E-state index contributed by atoms with van der Waals surface area (Å²) in [5, 5.41) is 4.80. The van der Waals surface area contributed by atoms with E-state index in [4.69, 9.17) is 11.6 Å². The molecule has 0 atom stereocenters. The van der Waals surface area contributed by atoms with Gasteiger partial charge in [0.05, 0.1) is 16.3 Å². The summed E-state index contributed by atoms with van der Waals surface area (Å²) in [5.74, 6) is -0.724.